The van der Waals surface area contributed by atoms with E-state index in [1.54, 1.807) is 16.8 Å². The average molecular weight is 416 g/mol. The molecule has 2 aromatic heterocycles. The molecular formula is C19H25N7O2S. The van der Waals surface area contributed by atoms with Crippen LogP contribution in [0.3, 0.4) is 0 Å². The Hall–Kier alpha value is -2.72. The Bertz CT molecular complexity index is 1110. The van der Waals surface area contributed by atoms with Crippen molar-refractivity contribution in [2.24, 2.45) is 5.92 Å². The number of imidazole rings is 1. The highest BCUT2D eigenvalue weighted by molar-refractivity contribution is 7.88. The Morgan fingerprint density at radius 1 is 1.28 bits per heavy atom. The number of rotatable bonds is 6. The van der Waals surface area contributed by atoms with Crippen molar-refractivity contribution in [3.8, 4) is 5.82 Å². The molecule has 1 aromatic carbocycles. The van der Waals surface area contributed by atoms with Crippen LogP contribution in [0.5, 0.6) is 0 Å². The summed E-state index contributed by atoms with van der Waals surface area (Å²) >= 11 is 0. The van der Waals surface area contributed by atoms with Crippen LogP contribution in [0.4, 0.5) is 11.6 Å². The molecule has 3 aromatic rings. The highest BCUT2D eigenvalue weighted by Gasteiger charge is 2.25. The van der Waals surface area contributed by atoms with E-state index in [1.807, 2.05) is 28.8 Å². The van der Waals surface area contributed by atoms with E-state index >= 15 is 0 Å². The van der Waals surface area contributed by atoms with Gasteiger partial charge >= 0.3 is 0 Å². The lowest BCUT2D eigenvalue weighted by molar-refractivity contribution is 0.260. The van der Waals surface area contributed by atoms with Crippen LogP contribution in [0.15, 0.2) is 36.8 Å². The summed E-state index contributed by atoms with van der Waals surface area (Å²) in [7, 11) is -3.12. The zero-order valence-electron chi connectivity index (χ0n) is 16.3. The summed E-state index contributed by atoms with van der Waals surface area (Å²) in [6.07, 6.45) is 7.52. The van der Waals surface area contributed by atoms with Crippen molar-refractivity contribution in [3.05, 3.63) is 36.8 Å². The van der Waals surface area contributed by atoms with E-state index in [-0.39, 0.29) is 0 Å². The zero-order valence-corrected chi connectivity index (χ0v) is 17.1. The predicted octanol–water partition coefficient (Wildman–Crippen LogP) is 1.87. The van der Waals surface area contributed by atoms with E-state index in [0.717, 1.165) is 36.1 Å². The lowest BCUT2D eigenvalue weighted by Crippen LogP contribution is -2.39. The summed E-state index contributed by atoms with van der Waals surface area (Å²) in [4.78, 5) is 13.3. The summed E-state index contributed by atoms with van der Waals surface area (Å²) < 4.78 is 27.0. The third-order valence-electron chi connectivity index (χ3n) is 5.25. The highest BCUT2D eigenvalue weighted by atomic mass is 32.2. The Labute approximate surface area is 170 Å². The van der Waals surface area contributed by atoms with Crippen molar-refractivity contribution < 1.29 is 8.42 Å². The van der Waals surface area contributed by atoms with Crippen LogP contribution in [0, 0.1) is 5.92 Å². The molecule has 1 saturated heterocycles. The molecule has 154 valence electrons. The summed E-state index contributed by atoms with van der Waals surface area (Å²) in [5.74, 6) is 1.60. The molecule has 0 amide bonds. The number of piperidine rings is 1. The molecule has 0 radical (unpaired) electrons. The molecule has 1 aliphatic heterocycles. The van der Waals surface area contributed by atoms with Gasteiger partial charge in [-0.15, -0.1) is 0 Å². The molecule has 10 heteroatoms. The number of sulfonamides is 1. The first-order chi connectivity index (χ1) is 13.9. The van der Waals surface area contributed by atoms with Crippen molar-refractivity contribution in [1.29, 1.82) is 0 Å². The van der Waals surface area contributed by atoms with Gasteiger partial charge in [-0.2, -0.15) is 4.98 Å². The molecule has 9 nitrogen and oxygen atoms in total. The van der Waals surface area contributed by atoms with Crippen molar-refractivity contribution in [1.82, 2.24) is 23.8 Å². The SMILES string of the molecule is CS(=O)(=O)N1CCCC(CCNc2nccc(-n3cnc4cc(N)ccc43)n2)C1. The van der Waals surface area contributed by atoms with Gasteiger partial charge in [-0.25, -0.2) is 22.7 Å². The topological polar surface area (TPSA) is 119 Å². The van der Waals surface area contributed by atoms with Crippen molar-refractivity contribution in [2.45, 2.75) is 19.3 Å². The van der Waals surface area contributed by atoms with Crippen LogP contribution in [0.25, 0.3) is 16.9 Å². The Balaban J connectivity index is 1.40. The van der Waals surface area contributed by atoms with Crippen LogP contribution in [0.1, 0.15) is 19.3 Å². The summed E-state index contributed by atoms with van der Waals surface area (Å²) in [6, 6.07) is 7.41. The fraction of sp³-hybridized carbons (Fsp3) is 0.421. The number of aromatic nitrogens is 4. The van der Waals surface area contributed by atoms with Gasteiger partial charge < -0.3 is 11.1 Å². The highest BCUT2D eigenvalue weighted by Crippen LogP contribution is 2.22. The minimum absolute atomic E-state index is 0.345. The minimum Gasteiger partial charge on any atom is -0.399 e. The number of nitrogens with two attached hydrogens (primary N) is 1. The molecule has 3 heterocycles. The molecular weight excluding hydrogens is 390 g/mol. The largest absolute Gasteiger partial charge is 0.399 e. The quantitative estimate of drug-likeness (QED) is 0.590. The van der Waals surface area contributed by atoms with Gasteiger partial charge in [-0.1, -0.05) is 0 Å². The molecule has 1 atom stereocenters. The fourth-order valence-electron chi connectivity index (χ4n) is 3.73. The van der Waals surface area contributed by atoms with Gasteiger partial charge in [-0.05, 0) is 49.4 Å². The second kappa shape index (κ2) is 7.96. The van der Waals surface area contributed by atoms with Gasteiger partial charge in [0.1, 0.15) is 12.1 Å². The Kier molecular flexibility index (Phi) is 5.37. The average Bonchev–Trinajstić information content (AvgIpc) is 3.11. The van der Waals surface area contributed by atoms with Crippen LogP contribution < -0.4 is 11.1 Å². The summed E-state index contributed by atoms with van der Waals surface area (Å²) in [5.41, 5.74) is 8.23. The van der Waals surface area contributed by atoms with E-state index < -0.39 is 10.0 Å². The molecule has 0 saturated carbocycles. The van der Waals surface area contributed by atoms with Gasteiger partial charge in [0.15, 0.2) is 0 Å². The molecule has 4 rings (SSSR count). The standard InChI is InChI=1S/C19H25N7O2S/c1-29(27,28)25-10-2-3-14(12-25)6-8-21-19-22-9-7-18(24-19)26-13-23-16-11-15(20)4-5-17(16)26/h4-5,7,9,11,13-14H,2-3,6,8,10,12,20H2,1H3,(H,21,22,24). The molecule has 1 aliphatic rings. The van der Waals surface area contributed by atoms with Crippen molar-refractivity contribution in [3.63, 3.8) is 0 Å². The van der Waals surface area contributed by atoms with Crippen LogP contribution in [-0.4, -0.2) is 58.1 Å². The number of nitrogens with one attached hydrogen (secondary N) is 1. The third-order valence-corrected chi connectivity index (χ3v) is 6.52. The Morgan fingerprint density at radius 3 is 2.97 bits per heavy atom. The molecule has 0 spiro atoms. The summed E-state index contributed by atoms with van der Waals surface area (Å²) in [5, 5.41) is 3.26. The lowest BCUT2D eigenvalue weighted by Gasteiger charge is -2.30. The Morgan fingerprint density at radius 2 is 2.14 bits per heavy atom. The molecule has 3 N–H and O–H groups in total. The smallest absolute Gasteiger partial charge is 0.224 e. The fourth-order valence-corrected chi connectivity index (χ4v) is 4.67. The number of hydrogen-bond acceptors (Lipinski definition) is 7. The maximum atomic E-state index is 11.8. The van der Waals surface area contributed by atoms with E-state index in [0.29, 0.717) is 37.2 Å². The normalized spacial score (nSPS) is 18.2. The lowest BCUT2D eigenvalue weighted by atomic mass is 9.96. The molecule has 1 unspecified atom stereocenters. The third kappa shape index (κ3) is 4.48. The predicted molar refractivity (Wildman–Crippen MR) is 113 cm³/mol. The van der Waals surface area contributed by atoms with Crippen molar-refractivity contribution in [2.75, 3.05) is 36.9 Å². The number of nitrogen functional groups attached to an aromatic ring is 1. The number of anilines is 2. The molecule has 0 aliphatic carbocycles. The van der Waals surface area contributed by atoms with Crippen LogP contribution in [0.2, 0.25) is 0 Å². The number of fused-ring (bicyclic) bond motifs is 1. The molecule has 29 heavy (non-hydrogen) atoms. The van der Waals surface area contributed by atoms with Crippen molar-refractivity contribution >= 4 is 32.7 Å². The van der Waals surface area contributed by atoms with Gasteiger partial charge in [0.2, 0.25) is 16.0 Å². The zero-order chi connectivity index (χ0) is 20.4. The van der Waals surface area contributed by atoms with Crippen LogP contribution >= 0.6 is 0 Å². The van der Waals surface area contributed by atoms with Gasteiger partial charge in [0, 0.05) is 31.5 Å². The summed E-state index contributed by atoms with van der Waals surface area (Å²) in [6.45, 7) is 1.90. The van der Waals surface area contributed by atoms with E-state index in [4.69, 9.17) is 5.73 Å². The maximum Gasteiger partial charge on any atom is 0.224 e. The second-order valence-electron chi connectivity index (χ2n) is 7.45. The van der Waals surface area contributed by atoms with E-state index in [1.165, 1.54) is 6.26 Å². The number of nitrogens with zero attached hydrogens (tertiary/aromatic N) is 5. The monoisotopic (exact) mass is 415 g/mol. The van der Waals surface area contributed by atoms with E-state index in [2.05, 4.69) is 20.3 Å². The molecule has 0 bridgehead atoms. The van der Waals surface area contributed by atoms with E-state index in [9.17, 15) is 8.42 Å². The first-order valence-electron chi connectivity index (χ1n) is 9.65. The van der Waals surface area contributed by atoms with Gasteiger partial charge in [-0.3, -0.25) is 4.57 Å². The maximum absolute atomic E-state index is 11.8. The number of hydrogen-bond donors (Lipinski definition) is 2. The number of benzene rings is 1. The van der Waals surface area contributed by atoms with Gasteiger partial charge in [0.25, 0.3) is 0 Å². The van der Waals surface area contributed by atoms with Crippen LogP contribution in [-0.2, 0) is 10.0 Å². The minimum atomic E-state index is -3.12. The molecule has 1 fully saturated rings. The van der Waals surface area contributed by atoms with Gasteiger partial charge in [0.05, 0.1) is 17.3 Å². The first-order valence-corrected chi connectivity index (χ1v) is 11.5. The first kappa shape index (κ1) is 19.6. The second-order valence-corrected chi connectivity index (χ2v) is 9.43.